The van der Waals surface area contributed by atoms with Crippen LogP contribution in [0.25, 0.3) is 0 Å². The Hall–Kier alpha value is -6.57. The van der Waals surface area contributed by atoms with Crippen LogP contribution in [-0.2, 0) is 64.2 Å². The fourth-order valence-electron chi connectivity index (χ4n) is 9.78. The van der Waals surface area contributed by atoms with E-state index in [2.05, 4.69) is 26.3 Å². The van der Waals surface area contributed by atoms with Crippen molar-refractivity contribution in [1.29, 1.82) is 0 Å². The number of likely N-dealkylation sites (N-methyl/N-ethyl adjacent to an activating group) is 1. The molecule has 1 aliphatic carbocycles. The van der Waals surface area contributed by atoms with Crippen molar-refractivity contribution in [2.45, 2.75) is 140 Å². The van der Waals surface area contributed by atoms with Crippen LogP contribution in [0.2, 0.25) is 0 Å². The van der Waals surface area contributed by atoms with Crippen molar-refractivity contribution in [2.75, 3.05) is 25.1 Å². The second-order valence-corrected chi connectivity index (χ2v) is 18.2. The molecule has 3 heterocycles. The van der Waals surface area contributed by atoms with Gasteiger partial charge in [0.1, 0.15) is 42.3 Å². The minimum Gasteiger partial charge on any atom is -0.394 e. The average Bonchev–Trinajstić information content (AvgIpc) is 3.65. The first-order chi connectivity index (χ1) is 32.0. The third-order valence-electron chi connectivity index (χ3n) is 13.5. The van der Waals surface area contributed by atoms with E-state index in [1.54, 1.807) is 6.07 Å². The number of aliphatic hydroxyl groups excluding tert-OH is 1. The molecule has 20 nitrogen and oxygen atoms in total. The molecule has 0 spiro atoms. The number of rotatable bonds is 18. The molecule has 0 aromatic heterocycles. The summed E-state index contributed by atoms with van der Waals surface area (Å²) < 4.78 is 0. The highest BCUT2D eigenvalue weighted by molar-refractivity contribution is 6.09. The monoisotopic (exact) mass is 927 g/mol. The van der Waals surface area contributed by atoms with E-state index in [0.717, 1.165) is 53.7 Å². The summed E-state index contributed by atoms with van der Waals surface area (Å²) in [5.74, 6) is -4.83. The van der Waals surface area contributed by atoms with Crippen LogP contribution in [-0.4, -0.2) is 131 Å². The summed E-state index contributed by atoms with van der Waals surface area (Å²) in [7, 11) is 1.32. The number of benzene rings is 2. The van der Waals surface area contributed by atoms with Gasteiger partial charge in [0.25, 0.3) is 0 Å². The maximum atomic E-state index is 14.9. The van der Waals surface area contributed by atoms with E-state index in [-0.39, 0.29) is 56.6 Å². The number of nitrogens with one attached hydrogen (secondary N) is 4. The lowest BCUT2D eigenvalue weighted by Crippen LogP contribution is -2.62. The number of hydrogen-bond donors (Lipinski definition) is 8. The molecule has 1 saturated carbocycles. The molecule has 11 N–H and O–H groups in total. The number of carbonyl (C=O) groups excluding carboxylic acids is 8. The number of guanidine groups is 1. The van der Waals surface area contributed by atoms with Crippen molar-refractivity contribution in [3.05, 3.63) is 64.7 Å². The molecular weight excluding hydrogens is 863 g/mol. The predicted molar refractivity (Wildman–Crippen MR) is 247 cm³/mol. The Balaban J connectivity index is 1.25. The smallest absolute Gasteiger partial charge is 0.250 e. The molecule has 2 aromatic carbocycles. The number of nitrogens with zero attached hydrogens (tertiary/aromatic N) is 4. The third-order valence-corrected chi connectivity index (χ3v) is 13.5. The van der Waals surface area contributed by atoms with Gasteiger partial charge in [0.05, 0.1) is 12.3 Å². The van der Waals surface area contributed by atoms with Crippen LogP contribution in [0.15, 0.2) is 47.5 Å². The van der Waals surface area contributed by atoms with Gasteiger partial charge in [-0.25, -0.2) is 0 Å². The van der Waals surface area contributed by atoms with Crippen LogP contribution >= 0.6 is 0 Å². The number of para-hydroxylation sites is 1. The molecule has 20 heteroatoms. The topological polar surface area (TPSA) is 305 Å². The first-order valence-corrected chi connectivity index (χ1v) is 23.2. The fourth-order valence-corrected chi connectivity index (χ4v) is 9.78. The second kappa shape index (κ2) is 22.3. The number of primary amides is 1. The van der Waals surface area contributed by atoms with Crippen molar-refractivity contribution in [1.82, 2.24) is 31.1 Å². The highest BCUT2D eigenvalue weighted by Crippen LogP contribution is 2.39. The molecule has 4 aliphatic rings. The minimum absolute atomic E-state index is 0.0184. The molecule has 0 unspecified atom stereocenters. The average molecular weight is 928 g/mol. The number of nitrogens with two attached hydrogens (primary N) is 3. The lowest BCUT2D eigenvalue weighted by molar-refractivity contribution is -0.145. The van der Waals surface area contributed by atoms with Gasteiger partial charge >= 0.3 is 0 Å². The van der Waals surface area contributed by atoms with Crippen molar-refractivity contribution >= 4 is 58.9 Å². The molecule has 6 rings (SSSR count). The molecule has 67 heavy (non-hydrogen) atoms. The van der Waals surface area contributed by atoms with Crippen LogP contribution in [0.4, 0.5) is 5.69 Å². The number of fused-ring (bicyclic) bond motifs is 1. The van der Waals surface area contributed by atoms with E-state index in [0.29, 0.717) is 30.5 Å². The quantitative estimate of drug-likeness (QED) is 0.0518. The van der Waals surface area contributed by atoms with Gasteiger partial charge in [-0.05, 0) is 67.2 Å². The molecule has 0 bridgehead atoms. The molecule has 3 aliphatic heterocycles. The van der Waals surface area contributed by atoms with Gasteiger partial charge in [-0.15, -0.1) is 0 Å². The van der Waals surface area contributed by atoms with Crippen LogP contribution in [0.3, 0.4) is 0 Å². The Kier molecular flexibility index (Phi) is 16.6. The van der Waals surface area contributed by atoms with Gasteiger partial charge in [-0.3, -0.25) is 48.2 Å². The van der Waals surface area contributed by atoms with Gasteiger partial charge in [0, 0.05) is 39.9 Å². The number of aliphatic hydroxyl groups is 1. The summed E-state index contributed by atoms with van der Waals surface area (Å²) in [6.45, 7) is 2.14. The van der Waals surface area contributed by atoms with Gasteiger partial charge in [0.2, 0.25) is 47.3 Å². The minimum atomic E-state index is -1.45. The molecule has 0 saturated heterocycles. The van der Waals surface area contributed by atoms with Gasteiger partial charge in [-0.2, -0.15) is 0 Å². The molecule has 2 aromatic rings. The first kappa shape index (κ1) is 49.9. The Labute approximate surface area is 390 Å². The fraction of sp³-hybridized carbons (Fsp3) is 0.553. The van der Waals surface area contributed by atoms with E-state index in [9.17, 15) is 43.5 Å². The summed E-state index contributed by atoms with van der Waals surface area (Å²) in [5, 5.41) is 21.4. The summed E-state index contributed by atoms with van der Waals surface area (Å²) >= 11 is 0. The normalized spacial score (nSPS) is 20.7. The number of aryl methyl sites for hydroxylation is 1. The van der Waals surface area contributed by atoms with Gasteiger partial charge in [-0.1, -0.05) is 74.6 Å². The summed E-state index contributed by atoms with van der Waals surface area (Å²) in [5.41, 5.74) is 20.2. The Morgan fingerprint density at radius 1 is 0.821 bits per heavy atom. The molecule has 7 atom stereocenters. The lowest BCUT2D eigenvalue weighted by atomic mass is 9.84. The number of carbonyl (C=O) groups is 8. The van der Waals surface area contributed by atoms with E-state index in [1.807, 2.05) is 36.4 Å². The van der Waals surface area contributed by atoms with Crippen molar-refractivity contribution in [2.24, 2.45) is 28.1 Å². The molecule has 0 radical (unpaired) electrons. The third kappa shape index (κ3) is 11.9. The summed E-state index contributed by atoms with van der Waals surface area (Å²) in [6, 6.07) is 4.89. The number of hydrogen-bond acceptors (Lipinski definition) is 10. The Morgan fingerprint density at radius 2 is 1.49 bits per heavy atom. The molecule has 8 amide bonds. The molecular formula is C47H65N11O9. The standard InChI is InChI=1S/C47H65N11O9/c1-26(40(48)61)56(3)44(65)36(25-59)55-43(64)38-23-31-16-9-15-29-18-19-34(46(67)58(38)39(29)31)54-42(63)37-22-30-13-7-8-14-32(30)24-57(37)45(66)33(17-10-20-51-47(49)50)53-41(62)35(52-27(2)60)21-28-11-5-4-6-12-28/h7-9,13-16,26,28,33-38,59H,4-6,10-12,17-25H2,1-3H3,(H2,48,61)(H,52,60)(H,53,62)(H,54,63)(H,55,64)(H4,49,50,51)/t26-,33-,34-,35-,36-,37-,38-/m0/s1. The zero-order valence-electron chi connectivity index (χ0n) is 38.5. The van der Waals surface area contributed by atoms with E-state index in [4.69, 9.17) is 17.2 Å². The van der Waals surface area contributed by atoms with Gasteiger partial charge < -0.3 is 53.4 Å². The van der Waals surface area contributed by atoms with Crippen LogP contribution in [0.1, 0.15) is 93.9 Å². The lowest BCUT2D eigenvalue weighted by Gasteiger charge is -2.39. The van der Waals surface area contributed by atoms with Crippen molar-refractivity contribution < 1.29 is 43.5 Å². The largest absolute Gasteiger partial charge is 0.394 e. The predicted octanol–water partition coefficient (Wildman–Crippen LogP) is -0.848. The maximum Gasteiger partial charge on any atom is 0.250 e. The highest BCUT2D eigenvalue weighted by Gasteiger charge is 2.46. The van der Waals surface area contributed by atoms with Crippen LogP contribution in [0, 0.1) is 5.92 Å². The Morgan fingerprint density at radius 3 is 2.16 bits per heavy atom. The molecule has 1 fully saturated rings. The Bertz CT molecular complexity index is 2240. The van der Waals surface area contributed by atoms with E-state index in [1.165, 1.54) is 30.7 Å². The summed E-state index contributed by atoms with van der Waals surface area (Å²) in [6.07, 6.45) is 6.54. The number of aliphatic imine (C=N–C) groups is 1. The number of amides is 8. The number of anilines is 1. The first-order valence-electron chi connectivity index (χ1n) is 23.2. The second-order valence-electron chi connectivity index (χ2n) is 18.2. The molecule has 362 valence electrons. The van der Waals surface area contributed by atoms with Crippen LogP contribution < -0.4 is 43.4 Å². The highest BCUT2D eigenvalue weighted by atomic mass is 16.3. The zero-order chi connectivity index (χ0) is 48.5. The van der Waals surface area contributed by atoms with Gasteiger partial charge in [0.15, 0.2) is 5.96 Å². The summed E-state index contributed by atoms with van der Waals surface area (Å²) in [4.78, 5) is 118. The zero-order valence-corrected chi connectivity index (χ0v) is 38.5. The van der Waals surface area contributed by atoms with Crippen molar-refractivity contribution in [3.63, 3.8) is 0 Å². The van der Waals surface area contributed by atoms with Crippen LogP contribution in [0.5, 0.6) is 0 Å². The SMILES string of the molecule is CC(=O)N[C@@H](CC1CCCCC1)C(=O)N[C@@H](CCCN=C(N)N)C(=O)N1Cc2ccccc2C[C@H]1C(=O)N[C@H]1CCc2cccc3c2N(C1=O)[C@H](C(=O)N[C@@H](CO)C(=O)N(C)[C@@H](C)C(N)=O)C3. The van der Waals surface area contributed by atoms with E-state index >= 15 is 0 Å². The van der Waals surface area contributed by atoms with Crippen molar-refractivity contribution in [3.8, 4) is 0 Å². The maximum absolute atomic E-state index is 14.9. The van der Waals surface area contributed by atoms with E-state index < -0.39 is 90.3 Å².